The van der Waals surface area contributed by atoms with Crippen LogP contribution in [0, 0.1) is 0 Å². The lowest BCUT2D eigenvalue weighted by Crippen LogP contribution is -2.50. The molecule has 0 saturated carbocycles. The normalized spacial score (nSPS) is 17.4. The van der Waals surface area contributed by atoms with Crippen LogP contribution in [0.3, 0.4) is 0 Å². The summed E-state index contributed by atoms with van der Waals surface area (Å²) in [4.78, 5) is 9.17. The van der Waals surface area contributed by atoms with Crippen molar-refractivity contribution in [3.05, 3.63) is 18.3 Å². The van der Waals surface area contributed by atoms with E-state index >= 15 is 0 Å². The molecule has 1 aromatic rings. The molecule has 0 bridgehead atoms. The molecule has 0 aliphatic carbocycles. The first-order valence-corrected chi connectivity index (χ1v) is 6.95. The number of nitrogen functional groups attached to an aromatic ring is 1. The van der Waals surface area contributed by atoms with Gasteiger partial charge in [-0.2, -0.15) is 0 Å². The molecule has 1 aliphatic rings. The highest BCUT2D eigenvalue weighted by atomic mass is 15.3. The van der Waals surface area contributed by atoms with Crippen molar-refractivity contribution in [3.8, 4) is 0 Å². The van der Waals surface area contributed by atoms with E-state index < -0.39 is 0 Å². The minimum atomic E-state index is 0.592. The quantitative estimate of drug-likeness (QED) is 0.885. The van der Waals surface area contributed by atoms with Gasteiger partial charge in [-0.1, -0.05) is 13.8 Å². The SMILES string of the molecule is CCC(CC)N1CCN(c2ccc(N)nc2)CC1. The largest absolute Gasteiger partial charge is 0.384 e. The molecule has 2 heterocycles. The topological polar surface area (TPSA) is 45.4 Å². The highest BCUT2D eigenvalue weighted by Gasteiger charge is 2.21. The van der Waals surface area contributed by atoms with Crippen molar-refractivity contribution >= 4 is 11.5 Å². The molecule has 1 fully saturated rings. The minimum Gasteiger partial charge on any atom is -0.384 e. The first kappa shape index (κ1) is 13.1. The van der Waals surface area contributed by atoms with Crippen LogP contribution in [-0.4, -0.2) is 42.1 Å². The van der Waals surface area contributed by atoms with Crippen LogP contribution >= 0.6 is 0 Å². The van der Waals surface area contributed by atoms with Gasteiger partial charge in [0.15, 0.2) is 0 Å². The Hall–Kier alpha value is -1.29. The number of nitrogens with two attached hydrogens (primary N) is 1. The van der Waals surface area contributed by atoms with E-state index in [1.54, 1.807) is 0 Å². The van der Waals surface area contributed by atoms with Gasteiger partial charge >= 0.3 is 0 Å². The Bertz CT molecular complexity index is 351. The molecule has 0 amide bonds. The fraction of sp³-hybridized carbons (Fsp3) is 0.643. The van der Waals surface area contributed by atoms with Crippen LogP contribution in [0.5, 0.6) is 0 Å². The fourth-order valence-corrected chi connectivity index (χ4v) is 2.73. The first-order chi connectivity index (χ1) is 8.74. The second-order valence-corrected chi connectivity index (χ2v) is 4.93. The molecule has 0 atom stereocenters. The second kappa shape index (κ2) is 6.05. The van der Waals surface area contributed by atoms with Gasteiger partial charge in [0.1, 0.15) is 5.82 Å². The maximum atomic E-state index is 5.62. The maximum Gasteiger partial charge on any atom is 0.123 e. The number of piperazine rings is 1. The van der Waals surface area contributed by atoms with E-state index in [4.69, 9.17) is 5.73 Å². The third kappa shape index (κ3) is 2.93. The molecule has 18 heavy (non-hydrogen) atoms. The number of anilines is 2. The van der Waals surface area contributed by atoms with E-state index in [2.05, 4.69) is 34.7 Å². The van der Waals surface area contributed by atoms with E-state index in [0.29, 0.717) is 5.82 Å². The number of rotatable bonds is 4. The summed E-state index contributed by atoms with van der Waals surface area (Å²) in [5.41, 5.74) is 6.80. The summed E-state index contributed by atoms with van der Waals surface area (Å²) < 4.78 is 0. The molecule has 2 rings (SSSR count). The molecule has 1 aromatic heterocycles. The van der Waals surface area contributed by atoms with Crippen molar-refractivity contribution in [2.75, 3.05) is 36.8 Å². The lowest BCUT2D eigenvalue weighted by Gasteiger charge is -2.39. The molecule has 0 unspecified atom stereocenters. The zero-order chi connectivity index (χ0) is 13.0. The Kier molecular flexibility index (Phi) is 4.42. The van der Waals surface area contributed by atoms with Crippen LogP contribution in [0.1, 0.15) is 26.7 Å². The van der Waals surface area contributed by atoms with Crippen LogP contribution in [0.25, 0.3) is 0 Å². The second-order valence-electron chi connectivity index (χ2n) is 4.93. The van der Waals surface area contributed by atoms with Gasteiger partial charge in [-0.25, -0.2) is 4.98 Å². The zero-order valence-electron chi connectivity index (χ0n) is 11.5. The van der Waals surface area contributed by atoms with Gasteiger partial charge in [0.2, 0.25) is 0 Å². The van der Waals surface area contributed by atoms with Crippen molar-refractivity contribution in [1.29, 1.82) is 0 Å². The van der Waals surface area contributed by atoms with E-state index in [9.17, 15) is 0 Å². The molecule has 0 spiro atoms. The molecule has 2 N–H and O–H groups in total. The van der Waals surface area contributed by atoms with E-state index in [-0.39, 0.29) is 0 Å². The van der Waals surface area contributed by atoms with Gasteiger partial charge in [-0.3, -0.25) is 4.90 Å². The summed E-state index contributed by atoms with van der Waals surface area (Å²) in [6.07, 6.45) is 4.38. The molecule has 0 radical (unpaired) electrons. The van der Waals surface area contributed by atoms with Gasteiger partial charge in [0.25, 0.3) is 0 Å². The monoisotopic (exact) mass is 248 g/mol. The van der Waals surface area contributed by atoms with Crippen LogP contribution in [0.2, 0.25) is 0 Å². The fourth-order valence-electron chi connectivity index (χ4n) is 2.73. The number of pyridine rings is 1. The van der Waals surface area contributed by atoms with Gasteiger partial charge in [0.05, 0.1) is 11.9 Å². The molecule has 4 heteroatoms. The molecule has 1 saturated heterocycles. The maximum absolute atomic E-state index is 5.62. The molecule has 4 nitrogen and oxygen atoms in total. The average molecular weight is 248 g/mol. The molecular formula is C14H24N4. The van der Waals surface area contributed by atoms with Gasteiger partial charge < -0.3 is 10.6 Å². The van der Waals surface area contributed by atoms with Crippen LogP contribution < -0.4 is 10.6 Å². The standard InChI is InChI=1S/C14H24N4/c1-3-12(4-2)17-7-9-18(10-8-17)13-5-6-14(15)16-11-13/h5-6,11-12H,3-4,7-10H2,1-2H3,(H2,15,16). The highest BCUT2D eigenvalue weighted by molar-refractivity contribution is 5.48. The van der Waals surface area contributed by atoms with Crippen LogP contribution in [0.15, 0.2) is 18.3 Å². The Morgan fingerprint density at radius 2 is 1.83 bits per heavy atom. The summed E-state index contributed by atoms with van der Waals surface area (Å²) in [6.45, 7) is 9.03. The third-order valence-corrected chi connectivity index (χ3v) is 3.91. The van der Waals surface area contributed by atoms with Gasteiger partial charge in [0, 0.05) is 32.2 Å². The van der Waals surface area contributed by atoms with Crippen molar-refractivity contribution in [2.45, 2.75) is 32.7 Å². The Labute approximate surface area is 110 Å². The van der Waals surface area contributed by atoms with E-state index in [0.717, 1.165) is 32.2 Å². The third-order valence-electron chi connectivity index (χ3n) is 3.91. The van der Waals surface area contributed by atoms with Gasteiger partial charge in [-0.15, -0.1) is 0 Å². The number of hydrogen-bond donors (Lipinski definition) is 1. The van der Waals surface area contributed by atoms with Crippen LogP contribution in [0.4, 0.5) is 11.5 Å². The predicted octanol–water partition coefficient (Wildman–Crippen LogP) is 1.97. The molecular weight excluding hydrogens is 224 g/mol. The van der Waals surface area contributed by atoms with Gasteiger partial charge in [-0.05, 0) is 25.0 Å². The summed E-state index contributed by atoms with van der Waals surface area (Å²) in [5, 5.41) is 0. The van der Waals surface area contributed by atoms with E-state index in [1.165, 1.54) is 18.5 Å². The lowest BCUT2D eigenvalue weighted by molar-refractivity contribution is 0.175. The predicted molar refractivity (Wildman–Crippen MR) is 76.8 cm³/mol. The Morgan fingerprint density at radius 3 is 2.33 bits per heavy atom. The summed E-state index contributed by atoms with van der Waals surface area (Å²) in [6, 6.07) is 4.69. The lowest BCUT2D eigenvalue weighted by atomic mass is 10.1. The average Bonchev–Trinajstić information content (AvgIpc) is 2.42. The first-order valence-electron chi connectivity index (χ1n) is 6.95. The smallest absolute Gasteiger partial charge is 0.123 e. The van der Waals surface area contributed by atoms with Crippen molar-refractivity contribution < 1.29 is 0 Å². The summed E-state index contributed by atoms with van der Waals surface area (Å²) >= 11 is 0. The highest BCUT2D eigenvalue weighted by Crippen LogP contribution is 2.18. The van der Waals surface area contributed by atoms with Crippen molar-refractivity contribution in [2.24, 2.45) is 0 Å². The van der Waals surface area contributed by atoms with Crippen molar-refractivity contribution in [1.82, 2.24) is 9.88 Å². The van der Waals surface area contributed by atoms with E-state index in [1.807, 2.05) is 12.3 Å². The Balaban J connectivity index is 1.92. The Morgan fingerprint density at radius 1 is 1.17 bits per heavy atom. The molecule has 100 valence electrons. The number of nitrogens with zero attached hydrogens (tertiary/aromatic N) is 3. The van der Waals surface area contributed by atoms with Crippen molar-refractivity contribution in [3.63, 3.8) is 0 Å². The molecule has 0 aromatic carbocycles. The van der Waals surface area contributed by atoms with Crippen LogP contribution in [-0.2, 0) is 0 Å². The minimum absolute atomic E-state index is 0.592. The number of aromatic nitrogens is 1. The molecule has 1 aliphatic heterocycles. The number of hydrogen-bond acceptors (Lipinski definition) is 4. The summed E-state index contributed by atoms with van der Waals surface area (Å²) in [5.74, 6) is 0.592. The summed E-state index contributed by atoms with van der Waals surface area (Å²) in [7, 11) is 0. The zero-order valence-corrected chi connectivity index (χ0v) is 11.5.